The fraction of sp³-hybridized carbons (Fsp3) is 0.455. The first-order chi connectivity index (χ1) is 7.13. The van der Waals surface area contributed by atoms with Crippen LogP contribution in [0.2, 0.25) is 0 Å². The lowest BCUT2D eigenvalue weighted by atomic mass is 9.97. The average molecular weight is 229 g/mol. The zero-order valence-corrected chi connectivity index (χ0v) is 9.28. The second-order valence-corrected chi connectivity index (χ2v) is 4.97. The van der Waals surface area contributed by atoms with Gasteiger partial charge in [0.1, 0.15) is 11.6 Å². The molecular formula is C11H13F2NS. The number of nitrogens with two attached hydrogens (primary N) is 1. The first-order valence-electron chi connectivity index (χ1n) is 4.98. The Bertz CT molecular complexity index is 381. The Kier molecular flexibility index (Phi) is 2.98. The molecule has 2 N–H and O–H groups in total. The maximum atomic E-state index is 13.4. The highest BCUT2D eigenvalue weighted by Gasteiger charge is 2.28. The summed E-state index contributed by atoms with van der Waals surface area (Å²) in [7, 11) is 0. The van der Waals surface area contributed by atoms with Gasteiger partial charge in [-0.1, -0.05) is 6.92 Å². The van der Waals surface area contributed by atoms with Gasteiger partial charge in [-0.3, -0.25) is 0 Å². The Labute approximate surface area is 92.0 Å². The summed E-state index contributed by atoms with van der Waals surface area (Å²) in [6.45, 7) is 2.04. The standard InChI is InChI=1S/C11H13F2NS/c1-2-10-11(14)7-3-6(12)4-9(13)8(7)5-15-10/h3-4,10-11H,2,5,14H2,1H3. The van der Waals surface area contributed by atoms with Gasteiger partial charge < -0.3 is 5.73 Å². The lowest BCUT2D eigenvalue weighted by molar-refractivity contribution is 0.555. The lowest BCUT2D eigenvalue weighted by Crippen LogP contribution is -2.28. The SMILES string of the molecule is CCC1SCc2c(F)cc(F)cc2C1N. The molecule has 2 unspecified atom stereocenters. The molecule has 1 aromatic rings. The molecule has 15 heavy (non-hydrogen) atoms. The van der Waals surface area contributed by atoms with E-state index in [1.165, 1.54) is 6.07 Å². The van der Waals surface area contributed by atoms with Crippen molar-refractivity contribution in [2.24, 2.45) is 5.73 Å². The third-order valence-electron chi connectivity index (χ3n) is 2.80. The Morgan fingerprint density at radius 2 is 2.20 bits per heavy atom. The van der Waals surface area contributed by atoms with Crippen LogP contribution in [0.5, 0.6) is 0 Å². The fourth-order valence-electron chi connectivity index (χ4n) is 1.94. The van der Waals surface area contributed by atoms with Crippen LogP contribution >= 0.6 is 11.8 Å². The number of fused-ring (bicyclic) bond motifs is 1. The van der Waals surface area contributed by atoms with Crippen LogP contribution in [0.1, 0.15) is 30.5 Å². The summed E-state index contributed by atoms with van der Waals surface area (Å²) in [5, 5.41) is 0.263. The molecule has 0 amide bonds. The zero-order valence-electron chi connectivity index (χ0n) is 8.47. The van der Waals surface area contributed by atoms with E-state index in [-0.39, 0.29) is 11.3 Å². The van der Waals surface area contributed by atoms with Gasteiger partial charge in [0.25, 0.3) is 0 Å². The monoisotopic (exact) mass is 229 g/mol. The van der Waals surface area contributed by atoms with Gasteiger partial charge in [-0.25, -0.2) is 8.78 Å². The molecule has 0 saturated carbocycles. The van der Waals surface area contributed by atoms with Crippen LogP contribution in [0.3, 0.4) is 0 Å². The highest BCUT2D eigenvalue weighted by molar-refractivity contribution is 7.99. The van der Waals surface area contributed by atoms with Crippen molar-refractivity contribution in [2.75, 3.05) is 0 Å². The van der Waals surface area contributed by atoms with Crippen molar-refractivity contribution in [1.82, 2.24) is 0 Å². The van der Waals surface area contributed by atoms with Gasteiger partial charge in [-0.05, 0) is 18.1 Å². The second-order valence-electron chi connectivity index (χ2n) is 3.74. The lowest BCUT2D eigenvalue weighted by Gasteiger charge is -2.30. The molecule has 82 valence electrons. The number of hydrogen-bond acceptors (Lipinski definition) is 2. The molecule has 2 atom stereocenters. The third kappa shape index (κ3) is 1.88. The molecule has 4 heteroatoms. The van der Waals surface area contributed by atoms with Gasteiger partial charge in [-0.15, -0.1) is 0 Å². The van der Waals surface area contributed by atoms with Gasteiger partial charge in [-0.2, -0.15) is 11.8 Å². The van der Waals surface area contributed by atoms with E-state index >= 15 is 0 Å². The highest BCUT2D eigenvalue weighted by Crippen LogP contribution is 2.39. The molecule has 0 bridgehead atoms. The van der Waals surface area contributed by atoms with Crippen LogP contribution in [0, 0.1) is 11.6 Å². The van der Waals surface area contributed by atoms with Crippen molar-refractivity contribution in [2.45, 2.75) is 30.4 Å². The van der Waals surface area contributed by atoms with E-state index < -0.39 is 11.6 Å². The summed E-state index contributed by atoms with van der Waals surface area (Å²) in [6.07, 6.45) is 0.920. The normalized spacial score (nSPS) is 25.1. The Morgan fingerprint density at radius 3 is 2.87 bits per heavy atom. The van der Waals surface area contributed by atoms with Crippen molar-refractivity contribution in [3.05, 3.63) is 34.9 Å². The Hall–Kier alpha value is -0.610. The van der Waals surface area contributed by atoms with Gasteiger partial charge in [0.2, 0.25) is 0 Å². The summed E-state index contributed by atoms with van der Waals surface area (Å²) >= 11 is 1.65. The number of hydrogen-bond donors (Lipinski definition) is 1. The summed E-state index contributed by atoms with van der Waals surface area (Å²) in [5.41, 5.74) is 7.19. The molecule has 0 aromatic heterocycles. The van der Waals surface area contributed by atoms with Crippen LogP contribution in [0.15, 0.2) is 12.1 Å². The van der Waals surface area contributed by atoms with Crippen molar-refractivity contribution in [3.8, 4) is 0 Å². The van der Waals surface area contributed by atoms with E-state index in [9.17, 15) is 8.78 Å². The molecule has 0 spiro atoms. The molecule has 0 radical (unpaired) electrons. The van der Waals surface area contributed by atoms with Crippen LogP contribution in [0.4, 0.5) is 8.78 Å². The van der Waals surface area contributed by atoms with Crippen LogP contribution in [-0.4, -0.2) is 5.25 Å². The maximum absolute atomic E-state index is 13.4. The van der Waals surface area contributed by atoms with Gasteiger partial charge in [0, 0.05) is 28.7 Å². The van der Waals surface area contributed by atoms with E-state index in [2.05, 4.69) is 0 Å². The van der Waals surface area contributed by atoms with Gasteiger partial charge in [0.05, 0.1) is 0 Å². The molecule has 1 aliphatic heterocycles. The minimum Gasteiger partial charge on any atom is -0.323 e. The van der Waals surface area contributed by atoms with Gasteiger partial charge in [0.15, 0.2) is 0 Å². The fourth-order valence-corrected chi connectivity index (χ4v) is 3.21. The largest absolute Gasteiger partial charge is 0.323 e. The Morgan fingerprint density at radius 1 is 1.47 bits per heavy atom. The molecule has 1 nitrogen and oxygen atoms in total. The molecule has 0 saturated heterocycles. The van der Waals surface area contributed by atoms with Crippen molar-refractivity contribution in [1.29, 1.82) is 0 Å². The van der Waals surface area contributed by atoms with Crippen LogP contribution in [0.25, 0.3) is 0 Å². The van der Waals surface area contributed by atoms with E-state index in [0.717, 1.165) is 12.5 Å². The molecular weight excluding hydrogens is 216 g/mol. The minimum absolute atomic E-state index is 0.256. The summed E-state index contributed by atoms with van der Waals surface area (Å²) in [4.78, 5) is 0. The third-order valence-corrected chi connectivity index (χ3v) is 4.31. The van der Waals surface area contributed by atoms with E-state index in [1.807, 2.05) is 6.92 Å². The first kappa shape index (κ1) is 10.9. The molecule has 0 fully saturated rings. The summed E-state index contributed by atoms with van der Waals surface area (Å²) < 4.78 is 26.5. The minimum atomic E-state index is -0.538. The Balaban J connectivity index is 2.46. The smallest absolute Gasteiger partial charge is 0.130 e. The average Bonchev–Trinajstić information content (AvgIpc) is 2.19. The van der Waals surface area contributed by atoms with Crippen molar-refractivity contribution in [3.63, 3.8) is 0 Å². The number of rotatable bonds is 1. The molecule has 2 rings (SSSR count). The maximum Gasteiger partial charge on any atom is 0.130 e. The molecule has 1 aliphatic rings. The number of benzene rings is 1. The van der Waals surface area contributed by atoms with E-state index in [1.54, 1.807) is 11.8 Å². The molecule has 1 heterocycles. The zero-order chi connectivity index (χ0) is 11.0. The number of thioether (sulfide) groups is 1. The predicted molar refractivity (Wildman–Crippen MR) is 58.7 cm³/mol. The van der Waals surface area contributed by atoms with E-state index in [0.29, 0.717) is 16.9 Å². The van der Waals surface area contributed by atoms with Gasteiger partial charge >= 0.3 is 0 Å². The van der Waals surface area contributed by atoms with Crippen LogP contribution in [-0.2, 0) is 5.75 Å². The van der Waals surface area contributed by atoms with Crippen molar-refractivity contribution < 1.29 is 8.78 Å². The molecule has 1 aromatic carbocycles. The number of halogens is 2. The topological polar surface area (TPSA) is 26.0 Å². The summed E-state index contributed by atoms with van der Waals surface area (Å²) in [6, 6.07) is 2.04. The van der Waals surface area contributed by atoms with E-state index in [4.69, 9.17) is 5.73 Å². The second kappa shape index (κ2) is 4.10. The highest BCUT2D eigenvalue weighted by atomic mass is 32.2. The summed E-state index contributed by atoms with van der Waals surface area (Å²) in [5.74, 6) is -0.417. The van der Waals surface area contributed by atoms with Crippen LogP contribution < -0.4 is 5.73 Å². The van der Waals surface area contributed by atoms with Crippen molar-refractivity contribution >= 4 is 11.8 Å². The quantitative estimate of drug-likeness (QED) is 0.801. The predicted octanol–water partition coefficient (Wildman–Crippen LogP) is 2.99. The molecule has 0 aliphatic carbocycles. The first-order valence-corrected chi connectivity index (χ1v) is 6.03.